The molecule has 0 aliphatic carbocycles. The molecule has 5 rings (SSSR count). The molecule has 0 spiro atoms. The number of carbonyl (C=O) groups is 1. The van der Waals surface area contributed by atoms with Crippen LogP contribution in [0.5, 0.6) is 5.75 Å². The number of aromatic carboxylic acids is 1. The maximum atomic E-state index is 15.3. The Hall–Kier alpha value is -4.53. The topological polar surface area (TPSA) is 84.1 Å². The average Bonchev–Trinajstić information content (AvgIpc) is 3.37. The summed E-state index contributed by atoms with van der Waals surface area (Å²) in [5, 5.41) is 9.46. The summed E-state index contributed by atoms with van der Waals surface area (Å²) in [7, 11) is 1.60. The third-order valence-corrected chi connectivity index (χ3v) is 6.46. The molecule has 3 aromatic carbocycles. The fourth-order valence-corrected chi connectivity index (χ4v) is 4.51. The van der Waals surface area contributed by atoms with Crippen molar-refractivity contribution in [2.45, 2.75) is 12.5 Å². The lowest BCUT2D eigenvalue weighted by molar-refractivity contribution is 0.0695. The second-order valence-corrected chi connectivity index (χ2v) is 8.78. The lowest BCUT2D eigenvalue weighted by Gasteiger charge is -2.21. The smallest absolute Gasteiger partial charge is 0.341 e. The molecule has 0 radical (unpaired) electrons. The maximum absolute atomic E-state index is 15.3. The molecule has 7 nitrogen and oxygen atoms in total. The summed E-state index contributed by atoms with van der Waals surface area (Å²) >= 11 is 0. The van der Waals surface area contributed by atoms with Gasteiger partial charge < -0.3 is 19.3 Å². The minimum atomic E-state index is -1.43. The molecule has 4 aromatic rings. The van der Waals surface area contributed by atoms with Gasteiger partial charge in [-0.2, -0.15) is 0 Å². The molecule has 1 aliphatic heterocycles. The molecule has 0 saturated carbocycles. The minimum Gasteiger partial charge on any atom is -0.497 e. The molecule has 1 atom stereocenters. The third kappa shape index (κ3) is 4.80. The Morgan fingerprint density at radius 1 is 1.11 bits per heavy atom. The molecule has 0 bridgehead atoms. The molecule has 1 N–H and O–H groups in total. The van der Waals surface area contributed by atoms with Gasteiger partial charge in [-0.15, -0.1) is 0 Å². The largest absolute Gasteiger partial charge is 0.497 e. The number of aliphatic imine (C=N–C) groups is 1. The molecule has 1 saturated heterocycles. The van der Waals surface area contributed by atoms with Gasteiger partial charge in [-0.1, -0.05) is 0 Å². The second-order valence-electron chi connectivity index (χ2n) is 8.78. The zero-order valence-corrected chi connectivity index (χ0v) is 19.9. The molecule has 9 heteroatoms. The maximum Gasteiger partial charge on any atom is 0.341 e. The van der Waals surface area contributed by atoms with Crippen LogP contribution in [-0.2, 0) is 0 Å². The molecular weight excluding hydrogens is 480 g/mol. The van der Waals surface area contributed by atoms with Gasteiger partial charge in [0.1, 0.15) is 22.9 Å². The van der Waals surface area contributed by atoms with E-state index in [0.29, 0.717) is 30.7 Å². The van der Waals surface area contributed by atoms with E-state index in [1.165, 1.54) is 41.1 Å². The minimum absolute atomic E-state index is 0.0501. The first-order valence-corrected chi connectivity index (χ1v) is 11.6. The highest BCUT2D eigenvalue weighted by Gasteiger charge is 2.26. The Bertz CT molecular complexity index is 1560. The summed E-state index contributed by atoms with van der Waals surface area (Å²) in [6, 6.07) is 15.5. The Morgan fingerprint density at radius 2 is 1.84 bits per heavy atom. The van der Waals surface area contributed by atoms with Crippen LogP contribution in [0.15, 0.2) is 76.6 Å². The number of hydrogen-bond acceptors (Lipinski definition) is 5. The van der Waals surface area contributed by atoms with Gasteiger partial charge in [0.05, 0.1) is 24.4 Å². The van der Waals surface area contributed by atoms with Crippen LogP contribution in [-0.4, -0.2) is 48.1 Å². The van der Waals surface area contributed by atoms with E-state index in [2.05, 4.69) is 4.99 Å². The van der Waals surface area contributed by atoms with E-state index < -0.39 is 28.6 Å². The van der Waals surface area contributed by atoms with Crippen LogP contribution < -0.4 is 15.1 Å². The molecular formula is C28H23F2N3O4. The Morgan fingerprint density at radius 3 is 2.51 bits per heavy atom. The van der Waals surface area contributed by atoms with E-state index in [9.17, 15) is 19.1 Å². The number of nitrogens with zero attached hydrogens (tertiary/aromatic N) is 3. The third-order valence-electron chi connectivity index (χ3n) is 6.46. The first-order valence-electron chi connectivity index (χ1n) is 11.6. The molecule has 2 heterocycles. The standard InChI is InChI=1S/C28H23F2N3O4/c1-37-21-8-2-17(3-9-21)14-31-19-10-11-32(15-19)26-13-25-22(12-24(26)30)27(34)23(28(35)36)16-33(25)20-6-4-18(29)5-7-20/h2-9,12-14,16,19H,10-11,15H2,1H3,(H,35,36). The van der Waals surface area contributed by atoms with E-state index in [1.54, 1.807) is 13.3 Å². The van der Waals surface area contributed by atoms with E-state index in [4.69, 9.17) is 4.74 Å². The van der Waals surface area contributed by atoms with Crippen molar-refractivity contribution in [3.63, 3.8) is 0 Å². The van der Waals surface area contributed by atoms with Crippen LogP contribution in [0, 0.1) is 11.6 Å². The van der Waals surface area contributed by atoms with Crippen LogP contribution in [0.2, 0.25) is 0 Å². The summed E-state index contributed by atoms with van der Waals surface area (Å²) < 4.78 is 35.4. The lowest BCUT2D eigenvalue weighted by Crippen LogP contribution is -2.23. The number of pyridine rings is 1. The highest BCUT2D eigenvalue weighted by molar-refractivity contribution is 5.94. The van der Waals surface area contributed by atoms with E-state index in [1.807, 2.05) is 29.2 Å². The van der Waals surface area contributed by atoms with E-state index >= 15 is 4.39 Å². The number of ether oxygens (including phenoxy) is 1. The number of benzene rings is 3. The normalized spacial score (nSPS) is 15.5. The van der Waals surface area contributed by atoms with Crippen molar-refractivity contribution in [2.75, 3.05) is 25.1 Å². The molecule has 0 amide bonds. The van der Waals surface area contributed by atoms with Crippen molar-refractivity contribution >= 4 is 28.8 Å². The van der Waals surface area contributed by atoms with Gasteiger partial charge in [-0.25, -0.2) is 13.6 Å². The average molecular weight is 504 g/mol. The van der Waals surface area contributed by atoms with Gasteiger partial charge >= 0.3 is 5.97 Å². The number of rotatable bonds is 6. The number of carboxylic acid groups (broad SMARTS) is 1. The van der Waals surface area contributed by atoms with Crippen molar-refractivity contribution in [3.05, 3.63) is 99.8 Å². The summed E-state index contributed by atoms with van der Waals surface area (Å²) in [6.07, 6.45) is 3.69. The molecule has 1 aromatic heterocycles. The van der Waals surface area contributed by atoms with Crippen molar-refractivity contribution < 1.29 is 23.4 Å². The molecule has 188 valence electrons. The summed E-state index contributed by atoms with van der Waals surface area (Å²) in [5.41, 5.74) is 0.687. The number of anilines is 1. The van der Waals surface area contributed by atoms with Crippen LogP contribution in [0.1, 0.15) is 22.3 Å². The van der Waals surface area contributed by atoms with Crippen LogP contribution in [0.4, 0.5) is 14.5 Å². The van der Waals surface area contributed by atoms with Crippen LogP contribution in [0.25, 0.3) is 16.6 Å². The first-order chi connectivity index (χ1) is 17.8. The van der Waals surface area contributed by atoms with Crippen LogP contribution >= 0.6 is 0 Å². The molecule has 1 aliphatic rings. The number of hydrogen-bond donors (Lipinski definition) is 1. The van der Waals surface area contributed by atoms with E-state index in [0.717, 1.165) is 17.4 Å². The molecule has 37 heavy (non-hydrogen) atoms. The van der Waals surface area contributed by atoms with Gasteiger partial charge in [0.15, 0.2) is 0 Å². The van der Waals surface area contributed by atoms with Crippen molar-refractivity contribution in [3.8, 4) is 11.4 Å². The second kappa shape index (κ2) is 9.85. The number of carboxylic acids is 1. The SMILES string of the molecule is COc1ccc(C=NC2CCN(c3cc4c(cc3F)c(=O)c(C(=O)O)cn4-c3ccc(F)cc3)C2)cc1. The Balaban J connectivity index is 1.50. The van der Waals surface area contributed by atoms with Gasteiger partial charge in [0, 0.05) is 36.6 Å². The fourth-order valence-electron chi connectivity index (χ4n) is 4.51. The van der Waals surface area contributed by atoms with Crippen molar-refractivity contribution in [1.29, 1.82) is 0 Å². The quantitative estimate of drug-likeness (QED) is 0.387. The monoisotopic (exact) mass is 503 g/mol. The summed E-state index contributed by atoms with van der Waals surface area (Å²) in [6.45, 7) is 1.03. The molecule has 1 unspecified atom stereocenters. The van der Waals surface area contributed by atoms with Gasteiger partial charge in [-0.3, -0.25) is 9.79 Å². The fraction of sp³-hybridized carbons (Fsp3) is 0.179. The Kier molecular flexibility index (Phi) is 6.43. The summed E-state index contributed by atoms with van der Waals surface area (Å²) in [4.78, 5) is 31.1. The molecule has 1 fully saturated rings. The highest BCUT2D eigenvalue weighted by Crippen LogP contribution is 2.30. The number of halogens is 2. The number of fused-ring (bicyclic) bond motifs is 1. The van der Waals surface area contributed by atoms with Crippen molar-refractivity contribution in [1.82, 2.24) is 4.57 Å². The summed E-state index contributed by atoms with van der Waals surface area (Å²) in [5.74, 6) is -1.76. The van der Waals surface area contributed by atoms with Gasteiger partial charge in [0.2, 0.25) is 5.43 Å². The zero-order valence-electron chi connectivity index (χ0n) is 19.9. The van der Waals surface area contributed by atoms with Gasteiger partial charge in [0.25, 0.3) is 0 Å². The first kappa shape index (κ1) is 24.2. The van der Waals surface area contributed by atoms with E-state index in [-0.39, 0.29) is 17.1 Å². The van der Waals surface area contributed by atoms with Crippen molar-refractivity contribution in [2.24, 2.45) is 4.99 Å². The zero-order chi connectivity index (χ0) is 26.1. The highest BCUT2D eigenvalue weighted by atomic mass is 19.1. The number of aromatic nitrogens is 1. The predicted molar refractivity (Wildman–Crippen MR) is 138 cm³/mol. The van der Waals surface area contributed by atoms with Crippen LogP contribution in [0.3, 0.4) is 0 Å². The predicted octanol–water partition coefficient (Wildman–Crippen LogP) is 4.67. The Labute approximate surface area is 210 Å². The lowest BCUT2D eigenvalue weighted by atomic mass is 10.1. The van der Waals surface area contributed by atoms with Gasteiger partial charge in [-0.05, 0) is 72.6 Å². The number of methoxy groups -OCH3 is 1.